The molecule has 0 saturated heterocycles. The summed E-state index contributed by atoms with van der Waals surface area (Å²) in [6.45, 7) is 2.05. The van der Waals surface area contributed by atoms with E-state index in [0.717, 1.165) is 22.3 Å². The SMILES string of the molecule is CC(=O)NCC=Cc1c(-c2ccccc2)[nH]c2ccccc12. The summed E-state index contributed by atoms with van der Waals surface area (Å²) in [5, 5.41) is 3.96. The lowest BCUT2D eigenvalue weighted by molar-refractivity contribution is -0.118. The predicted molar refractivity (Wildman–Crippen MR) is 91.5 cm³/mol. The molecule has 0 fully saturated rings. The summed E-state index contributed by atoms with van der Waals surface area (Å²) in [5.74, 6) is -0.0214. The van der Waals surface area contributed by atoms with Crippen LogP contribution in [0.3, 0.4) is 0 Å². The summed E-state index contributed by atoms with van der Waals surface area (Å²) < 4.78 is 0. The number of aromatic amines is 1. The van der Waals surface area contributed by atoms with Gasteiger partial charge in [-0.25, -0.2) is 0 Å². The third kappa shape index (κ3) is 2.93. The summed E-state index contributed by atoms with van der Waals surface area (Å²) in [5.41, 5.74) is 4.51. The first-order chi connectivity index (χ1) is 10.8. The number of hydrogen-bond acceptors (Lipinski definition) is 1. The topological polar surface area (TPSA) is 44.9 Å². The number of nitrogens with one attached hydrogen (secondary N) is 2. The van der Waals surface area contributed by atoms with E-state index in [9.17, 15) is 4.79 Å². The zero-order chi connectivity index (χ0) is 15.4. The molecule has 0 radical (unpaired) electrons. The number of carbonyl (C=O) groups excluding carboxylic acids is 1. The quantitative estimate of drug-likeness (QED) is 0.750. The normalized spacial score (nSPS) is 11.1. The van der Waals surface area contributed by atoms with E-state index in [4.69, 9.17) is 0 Å². The molecule has 0 bridgehead atoms. The van der Waals surface area contributed by atoms with Crippen LogP contribution in [0.4, 0.5) is 0 Å². The minimum atomic E-state index is -0.0214. The number of hydrogen-bond donors (Lipinski definition) is 2. The van der Waals surface area contributed by atoms with Crippen LogP contribution < -0.4 is 5.32 Å². The van der Waals surface area contributed by atoms with Crippen molar-refractivity contribution in [3.63, 3.8) is 0 Å². The van der Waals surface area contributed by atoms with Gasteiger partial charge in [0.25, 0.3) is 0 Å². The van der Waals surface area contributed by atoms with Crippen LogP contribution in [0.15, 0.2) is 60.7 Å². The molecular weight excluding hydrogens is 272 g/mol. The van der Waals surface area contributed by atoms with Crippen LogP contribution in [0, 0.1) is 0 Å². The molecule has 110 valence electrons. The number of amides is 1. The fourth-order valence-electron chi connectivity index (χ4n) is 2.55. The molecule has 0 spiro atoms. The Morgan fingerprint density at radius 2 is 1.82 bits per heavy atom. The molecule has 2 N–H and O–H groups in total. The molecule has 22 heavy (non-hydrogen) atoms. The van der Waals surface area contributed by atoms with E-state index < -0.39 is 0 Å². The molecule has 0 unspecified atom stereocenters. The Labute approximate surface area is 129 Å². The van der Waals surface area contributed by atoms with Gasteiger partial charge in [0.1, 0.15) is 0 Å². The summed E-state index contributed by atoms with van der Waals surface area (Å²) >= 11 is 0. The second kappa shape index (κ2) is 6.31. The van der Waals surface area contributed by atoms with Crippen molar-refractivity contribution in [3.8, 4) is 11.3 Å². The van der Waals surface area contributed by atoms with Gasteiger partial charge in [-0.05, 0) is 11.6 Å². The van der Waals surface area contributed by atoms with Crippen molar-refractivity contribution in [1.29, 1.82) is 0 Å². The van der Waals surface area contributed by atoms with Crippen molar-refractivity contribution < 1.29 is 4.79 Å². The van der Waals surface area contributed by atoms with E-state index >= 15 is 0 Å². The Hall–Kier alpha value is -2.81. The highest BCUT2D eigenvalue weighted by Crippen LogP contribution is 2.31. The molecule has 0 atom stereocenters. The number of para-hydroxylation sites is 1. The third-order valence-corrected chi connectivity index (χ3v) is 3.56. The average molecular weight is 290 g/mol. The van der Waals surface area contributed by atoms with Gasteiger partial charge < -0.3 is 10.3 Å². The van der Waals surface area contributed by atoms with Crippen LogP contribution in [0.1, 0.15) is 12.5 Å². The second-order valence-corrected chi connectivity index (χ2v) is 5.16. The highest BCUT2D eigenvalue weighted by Gasteiger charge is 2.10. The Balaban J connectivity index is 2.04. The largest absolute Gasteiger partial charge is 0.354 e. The molecule has 3 aromatic rings. The molecule has 3 heteroatoms. The lowest BCUT2D eigenvalue weighted by Gasteiger charge is -2.01. The molecule has 0 aliphatic carbocycles. The maximum Gasteiger partial charge on any atom is 0.217 e. The van der Waals surface area contributed by atoms with Gasteiger partial charge >= 0.3 is 0 Å². The number of aromatic nitrogens is 1. The zero-order valence-electron chi connectivity index (χ0n) is 12.5. The summed E-state index contributed by atoms with van der Waals surface area (Å²) in [7, 11) is 0. The van der Waals surface area contributed by atoms with Gasteiger partial charge in [-0.1, -0.05) is 60.7 Å². The third-order valence-electron chi connectivity index (χ3n) is 3.56. The maximum absolute atomic E-state index is 11.0. The molecule has 0 aliphatic rings. The van der Waals surface area contributed by atoms with E-state index in [0.29, 0.717) is 6.54 Å². The molecule has 1 amide bonds. The van der Waals surface area contributed by atoms with E-state index in [2.05, 4.69) is 40.6 Å². The lowest BCUT2D eigenvalue weighted by atomic mass is 10.0. The fraction of sp³-hybridized carbons (Fsp3) is 0.105. The Morgan fingerprint density at radius 1 is 1.09 bits per heavy atom. The molecule has 3 rings (SSSR count). The van der Waals surface area contributed by atoms with Crippen molar-refractivity contribution >= 4 is 22.9 Å². The molecule has 1 aromatic heterocycles. The van der Waals surface area contributed by atoms with Gasteiger partial charge in [0, 0.05) is 29.9 Å². The van der Waals surface area contributed by atoms with E-state index in [1.54, 1.807) is 0 Å². The minimum absolute atomic E-state index is 0.0214. The van der Waals surface area contributed by atoms with Gasteiger partial charge in [0.2, 0.25) is 5.91 Å². The Morgan fingerprint density at radius 3 is 2.59 bits per heavy atom. The van der Waals surface area contributed by atoms with Gasteiger partial charge in [-0.2, -0.15) is 0 Å². The summed E-state index contributed by atoms with van der Waals surface area (Å²) in [4.78, 5) is 14.4. The second-order valence-electron chi connectivity index (χ2n) is 5.16. The number of benzene rings is 2. The van der Waals surface area contributed by atoms with Crippen LogP contribution in [0.25, 0.3) is 28.2 Å². The summed E-state index contributed by atoms with van der Waals surface area (Å²) in [6.07, 6.45) is 4.04. The predicted octanol–water partition coefficient (Wildman–Crippen LogP) is 3.98. The number of fused-ring (bicyclic) bond motifs is 1. The van der Waals surface area contributed by atoms with Gasteiger partial charge in [0.05, 0.1) is 5.69 Å². The number of carbonyl (C=O) groups is 1. The van der Waals surface area contributed by atoms with Crippen molar-refractivity contribution in [1.82, 2.24) is 10.3 Å². The fourth-order valence-corrected chi connectivity index (χ4v) is 2.55. The van der Waals surface area contributed by atoms with E-state index in [1.165, 1.54) is 12.3 Å². The molecule has 0 saturated carbocycles. The van der Waals surface area contributed by atoms with Crippen molar-refractivity contribution in [2.45, 2.75) is 6.92 Å². The van der Waals surface area contributed by atoms with Crippen molar-refractivity contribution in [2.24, 2.45) is 0 Å². The molecular formula is C19H18N2O. The minimum Gasteiger partial charge on any atom is -0.354 e. The van der Waals surface area contributed by atoms with E-state index in [-0.39, 0.29) is 5.91 Å². The lowest BCUT2D eigenvalue weighted by Crippen LogP contribution is -2.19. The first kappa shape index (κ1) is 14.1. The Kier molecular flexibility index (Phi) is 4.05. The smallest absolute Gasteiger partial charge is 0.217 e. The van der Waals surface area contributed by atoms with Gasteiger partial charge in [0.15, 0.2) is 0 Å². The Bertz CT molecular complexity index is 816. The molecule has 2 aromatic carbocycles. The number of rotatable bonds is 4. The summed E-state index contributed by atoms with van der Waals surface area (Å²) in [6, 6.07) is 18.5. The molecule has 3 nitrogen and oxygen atoms in total. The first-order valence-electron chi connectivity index (χ1n) is 7.33. The standard InChI is InChI=1S/C19H18N2O/c1-14(22)20-13-7-11-17-16-10-5-6-12-18(16)21-19(17)15-8-3-2-4-9-15/h2-12,21H,13H2,1H3,(H,20,22). The van der Waals surface area contributed by atoms with Crippen molar-refractivity contribution in [3.05, 3.63) is 66.2 Å². The van der Waals surface area contributed by atoms with Crippen LogP contribution in [-0.2, 0) is 4.79 Å². The van der Waals surface area contributed by atoms with E-state index in [1.807, 2.05) is 36.4 Å². The average Bonchev–Trinajstić information content (AvgIpc) is 2.91. The molecule has 0 aliphatic heterocycles. The zero-order valence-corrected chi connectivity index (χ0v) is 12.5. The van der Waals surface area contributed by atoms with Crippen LogP contribution >= 0.6 is 0 Å². The molecule has 1 heterocycles. The van der Waals surface area contributed by atoms with Crippen molar-refractivity contribution in [2.75, 3.05) is 6.54 Å². The first-order valence-corrected chi connectivity index (χ1v) is 7.33. The van der Waals surface area contributed by atoms with Crippen LogP contribution in [-0.4, -0.2) is 17.4 Å². The highest BCUT2D eigenvalue weighted by molar-refractivity contribution is 5.96. The monoisotopic (exact) mass is 290 g/mol. The van der Waals surface area contributed by atoms with Gasteiger partial charge in [-0.3, -0.25) is 4.79 Å². The van der Waals surface area contributed by atoms with Gasteiger partial charge in [-0.15, -0.1) is 0 Å². The van der Waals surface area contributed by atoms with Crippen LogP contribution in [0.2, 0.25) is 0 Å². The maximum atomic E-state index is 11.0. The van der Waals surface area contributed by atoms with Crippen LogP contribution in [0.5, 0.6) is 0 Å². The highest BCUT2D eigenvalue weighted by atomic mass is 16.1. The number of H-pyrrole nitrogens is 1.